The normalized spacial score (nSPS) is 23.0. The van der Waals surface area contributed by atoms with Crippen LogP contribution in [-0.4, -0.2) is 80.4 Å². The van der Waals surface area contributed by atoms with Crippen LogP contribution >= 0.6 is 0 Å². The molecule has 14 nitrogen and oxygen atoms in total. The van der Waals surface area contributed by atoms with Gasteiger partial charge in [-0.2, -0.15) is 0 Å². The number of imide groups is 2. The lowest BCUT2D eigenvalue weighted by Gasteiger charge is -2.29. The van der Waals surface area contributed by atoms with E-state index in [9.17, 15) is 28.8 Å². The number of anilines is 2. The van der Waals surface area contributed by atoms with Gasteiger partial charge in [-0.15, -0.1) is 0 Å². The molecule has 3 atom stereocenters. The van der Waals surface area contributed by atoms with Crippen LogP contribution in [0.4, 0.5) is 11.4 Å². The maximum atomic E-state index is 13.2. The molecule has 0 spiro atoms. The van der Waals surface area contributed by atoms with Crippen molar-refractivity contribution in [1.29, 1.82) is 0 Å². The second-order valence-electron chi connectivity index (χ2n) is 14.5. The van der Waals surface area contributed by atoms with Crippen LogP contribution in [-0.2, 0) is 25.7 Å². The lowest BCUT2D eigenvalue weighted by molar-refractivity contribution is -0.136. The quantitative estimate of drug-likeness (QED) is 0.128. The number of nitrogens with one attached hydrogen (secondary N) is 4. The molecule has 3 aromatic rings. The van der Waals surface area contributed by atoms with Gasteiger partial charge in [-0.1, -0.05) is 31.1 Å². The first-order valence-corrected chi connectivity index (χ1v) is 18.3. The molecule has 0 radical (unpaired) electrons. The summed E-state index contributed by atoms with van der Waals surface area (Å²) in [5.41, 5.74) is 8.93. The number of primary amides is 1. The second kappa shape index (κ2) is 14.8. The van der Waals surface area contributed by atoms with Crippen molar-refractivity contribution in [3.63, 3.8) is 0 Å². The van der Waals surface area contributed by atoms with E-state index in [0.29, 0.717) is 42.4 Å². The fourth-order valence-corrected chi connectivity index (χ4v) is 7.73. The first-order valence-electron chi connectivity index (χ1n) is 18.3. The van der Waals surface area contributed by atoms with Crippen molar-refractivity contribution in [3.8, 4) is 0 Å². The molecule has 0 bridgehead atoms. The molecule has 7 rings (SSSR count). The van der Waals surface area contributed by atoms with Crippen LogP contribution in [0, 0.1) is 5.41 Å². The Morgan fingerprint density at radius 1 is 1.00 bits per heavy atom. The maximum Gasteiger partial charge on any atom is 0.262 e. The number of allylic oxidation sites excluding steroid dienone is 1. The van der Waals surface area contributed by atoms with E-state index in [-0.39, 0.29) is 29.9 Å². The van der Waals surface area contributed by atoms with Crippen molar-refractivity contribution in [2.45, 2.75) is 83.3 Å². The van der Waals surface area contributed by atoms with Gasteiger partial charge in [-0.25, -0.2) is 4.98 Å². The molecule has 53 heavy (non-hydrogen) atoms. The van der Waals surface area contributed by atoms with Crippen molar-refractivity contribution in [1.82, 2.24) is 25.1 Å². The summed E-state index contributed by atoms with van der Waals surface area (Å²) in [5.74, 6) is -1.96. The number of aromatic amines is 1. The number of aromatic nitrogens is 2. The number of amides is 6. The van der Waals surface area contributed by atoms with Gasteiger partial charge >= 0.3 is 0 Å². The van der Waals surface area contributed by atoms with Gasteiger partial charge in [0.2, 0.25) is 17.7 Å². The summed E-state index contributed by atoms with van der Waals surface area (Å²) < 4.78 is 0. The molecule has 4 aliphatic rings. The number of rotatable bonds is 13. The van der Waals surface area contributed by atoms with Gasteiger partial charge < -0.3 is 21.4 Å². The summed E-state index contributed by atoms with van der Waals surface area (Å²) in [7, 11) is 0. The summed E-state index contributed by atoms with van der Waals surface area (Å²) in [6.07, 6.45) is 10.9. The van der Waals surface area contributed by atoms with Crippen molar-refractivity contribution in [3.05, 3.63) is 77.2 Å². The molecule has 2 fully saturated rings. The molecule has 6 N–H and O–H groups in total. The van der Waals surface area contributed by atoms with Crippen molar-refractivity contribution in [2.75, 3.05) is 23.7 Å². The van der Waals surface area contributed by atoms with E-state index in [0.717, 1.165) is 54.1 Å². The number of H-pyrrole nitrogens is 1. The minimum atomic E-state index is -1.01. The van der Waals surface area contributed by atoms with Crippen LogP contribution in [0.3, 0.4) is 0 Å². The Hall–Kier alpha value is -5.63. The number of likely N-dealkylation sites (tertiary alicyclic amines) is 1. The number of nitrogens with two attached hydrogens (primary N) is 1. The van der Waals surface area contributed by atoms with Gasteiger partial charge in [0.25, 0.3) is 17.7 Å². The molecule has 2 saturated heterocycles. The number of imidazole rings is 1. The number of piperidine rings is 1. The summed E-state index contributed by atoms with van der Waals surface area (Å²) >= 11 is 0. The molecule has 276 valence electrons. The van der Waals surface area contributed by atoms with Crippen LogP contribution in [0.25, 0.3) is 11.0 Å². The van der Waals surface area contributed by atoms with Crippen molar-refractivity contribution >= 4 is 57.9 Å². The molecule has 6 amide bonds. The summed E-state index contributed by atoms with van der Waals surface area (Å²) in [6, 6.07) is 10.0. The monoisotopic (exact) mass is 720 g/mol. The molecule has 4 heterocycles. The number of hydrogen-bond acceptors (Lipinski definition) is 9. The number of hydrogen-bond donors (Lipinski definition) is 5. The largest absolute Gasteiger partial charge is 0.385 e. The number of nitrogens with zero attached hydrogens (tertiary/aromatic N) is 3. The molecular weight excluding hydrogens is 676 g/mol. The number of fused-ring (bicyclic) bond motifs is 2. The van der Waals surface area contributed by atoms with Crippen LogP contribution in [0.5, 0.6) is 0 Å². The van der Waals surface area contributed by atoms with Gasteiger partial charge in [-0.05, 0) is 88.4 Å². The van der Waals surface area contributed by atoms with Crippen molar-refractivity contribution in [2.24, 2.45) is 11.1 Å². The van der Waals surface area contributed by atoms with Crippen LogP contribution in [0.1, 0.15) is 91.3 Å². The Morgan fingerprint density at radius 3 is 2.55 bits per heavy atom. The molecule has 1 aliphatic carbocycles. The lowest BCUT2D eigenvalue weighted by atomic mass is 9.75. The highest BCUT2D eigenvalue weighted by atomic mass is 16.2. The number of benzene rings is 2. The van der Waals surface area contributed by atoms with Gasteiger partial charge in [-0.3, -0.25) is 43.9 Å². The minimum absolute atomic E-state index is 0.0623. The zero-order valence-corrected chi connectivity index (χ0v) is 29.7. The molecule has 1 aromatic heterocycles. The highest BCUT2D eigenvalue weighted by molar-refractivity contribution is 6.23. The predicted octanol–water partition coefficient (Wildman–Crippen LogP) is 3.92. The van der Waals surface area contributed by atoms with E-state index in [1.165, 1.54) is 12.8 Å². The number of unbranched alkanes of at least 4 members (excludes halogenated alkanes) is 2. The second-order valence-corrected chi connectivity index (χ2v) is 14.5. The zero-order valence-electron chi connectivity index (χ0n) is 29.7. The van der Waals surface area contributed by atoms with E-state index < -0.39 is 41.0 Å². The third kappa shape index (κ3) is 7.36. The lowest BCUT2D eigenvalue weighted by Crippen LogP contribution is -2.54. The van der Waals surface area contributed by atoms with E-state index in [4.69, 9.17) is 10.7 Å². The molecule has 3 aliphatic heterocycles. The Kier molecular flexibility index (Phi) is 9.97. The first-order chi connectivity index (χ1) is 25.5. The van der Waals surface area contributed by atoms with Gasteiger partial charge in [0.05, 0.1) is 34.1 Å². The van der Waals surface area contributed by atoms with Crippen LogP contribution in [0.15, 0.2) is 60.2 Å². The average molecular weight is 721 g/mol. The van der Waals surface area contributed by atoms with E-state index >= 15 is 0 Å². The molecule has 14 heteroatoms. The topological polar surface area (TPSA) is 200 Å². The van der Waals surface area contributed by atoms with Gasteiger partial charge in [0, 0.05) is 36.0 Å². The SMILES string of the molecule is C[C@H]1CCCN1Cc1nc2ccc(NC(=O)C3=CCC(CCCCCNc4ccc5c(c4)C(=O)N(C4CCC(=O)NC4=O)C5=O)(C(N)=O)C=C3)cc2[nH]1. The van der Waals surface area contributed by atoms with Crippen LogP contribution in [0.2, 0.25) is 0 Å². The van der Waals surface area contributed by atoms with Gasteiger partial charge in [0.1, 0.15) is 11.9 Å². The average Bonchev–Trinajstić information content (AvgIpc) is 3.81. The fourth-order valence-electron chi connectivity index (χ4n) is 7.73. The Bertz CT molecular complexity index is 2070. The Labute approximate surface area is 306 Å². The smallest absolute Gasteiger partial charge is 0.262 e. The first kappa shape index (κ1) is 35.8. The Balaban J connectivity index is 0.870. The predicted molar refractivity (Wildman–Crippen MR) is 197 cm³/mol. The minimum Gasteiger partial charge on any atom is -0.385 e. The highest BCUT2D eigenvalue weighted by Gasteiger charge is 2.44. The van der Waals surface area contributed by atoms with Gasteiger partial charge in [0.15, 0.2) is 0 Å². The number of carbonyl (C=O) groups excluding carboxylic acids is 6. The highest BCUT2D eigenvalue weighted by Crippen LogP contribution is 2.36. The number of carbonyl (C=O) groups is 6. The van der Waals surface area contributed by atoms with Crippen LogP contribution < -0.4 is 21.7 Å². The molecule has 0 saturated carbocycles. The van der Waals surface area contributed by atoms with E-state index in [1.54, 1.807) is 36.4 Å². The van der Waals surface area contributed by atoms with E-state index in [1.807, 2.05) is 18.2 Å². The van der Waals surface area contributed by atoms with Crippen molar-refractivity contribution < 1.29 is 28.8 Å². The Morgan fingerprint density at radius 2 is 1.81 bits per heavy atom. The third-order valence-corrected chi connectivity index (χ3v) is 10.9. The standard InChI is InChI=1S/C39H44N8O6/c1-23-6-5-19-46(23)22-32-43-29-10-8-26(21-30(29)44-32)42-34(49)24-13-16-39(17-14-24,38(40)53)15-3-2-4-18-41-25-7-9-27-28(20-25)37(52)47(36(27)51)31-11-12-33(48)45-35(31)50/h7-10,13-14,16,20-21,23,31,41H,2-6,11-12,15,17-19,22H2,1H3,(H2,40,53)(H,42,49)(H,43,44)(H,45,48,50)/t23-,31?,39?/m0/s1. The molecule has 2 unspecified atom stereocenters. The summed E-state index contributed by atoms with van der Waals surface area (Å²) in [4.78, 5) is 87.2. The summed E-state index contributed by atoms with van der Waals surface area (Å²) in [5, 5.41) is 8.44. The fraction of sp³-hybridized carbons (Fsp3) is 0.410. The maximum absolute atomic E-state index is 13.2. The van der Waals surface area contributed by atoms with E-state index in [2.05, 4.69) is 32.8 Å². The molecular formula is C39H44N8O6. The summed E-state index contributed by atoms with van der Waals surface area (Å²) in [6.45, 7) is 4.67. The molecule has 2 aromatic carbocycles. The zero-order chi connectivity index (χ0) is 37.3. The third-order valence-electron chi connectivity index (χ3n) is 10.9.